The van der Waals surface area contributed by atoms with Gasteiger partial charge in [-0.05, 0) is 30.5 Å². The molecule has 0 fully saturated rings. The van der Waals surface area contributed by atoms with Crippen LogP contribution < -0.4 is 10.6 Å². The van der Waals surface area contributed by atoms with Gasteiger partial charge in [0.15, 0.2) is 4.34 Å². The Morgan fingerprint density at radius 2 is 1.79 bits per heavy atom. The van der Waals surface area contributed by atoms with Crippen LogP contribution in [-0.2, 0) is 4.79 Å². The average molecular weight is 413 g/mol. The molecule has 3 aromatic rings. The molecule has 146 valence electrons. The van der Waals surface area contributed by atoms with Crippen LogP contribution in [0.15, 0.2) is 58.9 Å². The summed E-state index contributed by atoms with van der Waals surface area (Å²) in [7, 11) is 0. The number of thioether (sulfide) groups is 1. The Balaban J connectivity index is 1.76. The Morgan fingerprint density at radius 3 is 2.46 bits per heavy atom. The van der Waals surface area contributed by atoms with Crippen LogP contribution >= 0.6 is 23.1 Å². The van der Waals surface area contributed by atoms with E-state index in [0.29, 0.717) is 5.92 Å². The van der Waals surface area contributed by atoms with Gasteiger partial charge in [-0.3, -0.25) is 4.79 Å². The molecule has 7 heteroatoms. The maximum Gasteiger partial charge on any atom is 0.242 e. The molecule has 2 aromatic carbocycles. The van der Waals surface area contributed by atoms with E-state index in [9.17, 15) is 4.79 Å². The first-order chi connectivity index (χ1) is 13.5. The van der Waals surface area contributed by atoms with Crippen LogP contribution in [0.4, 0.5) is 10.8 Å². The number of aromatic nitrogens is 2. The van der Waals surface area contributed by atoms with Gasteiger partial charge in [0.05, 0.1) is 0 Å². The summed E-state index contributed by atoms with van der Waals surface area (Å²) in [6.07, 6.45) is 0. The molecular formula is C21H24N4OS2. The fraction of sp³-hybridized carbons (Fsp3) is 0.286. The normalized spacial score (nSPS) is 12.0. The molecule has 3 rings (SSSR count). The van der Waals surface area contributed by atoms with Crippen molar-refractivity contribution in [3.05, 3.63) is 65.7 Å². The Morgan fingerprint density at radius 1 is 1.07 bits per heavy atom. The highest BCUT2D eigenvalue weighted by molar-refractivity contribution is 8.02. The van der Waals surface area contributed by atoms with Crippen LogP contribution in [0.1, 0.15) is 30.2 Å². The zero-order valence-electron chi connectivity index (χ0n) is 16.2. The number of nitrogens with zero attached hydrogens (tertiary/aromatic N) is 2. The highest BCUT2D eigenvalue weighted by Crippen LogP contribution is 2.38. The maximum atomic E-state index is 13.0. The van der Waals surface area contributed by atoms with Crippen LogP contribution in [0.3, 0.4) is 0 Å². The Labute approximate surface area is 174 Å². The SMILES string of the molecule is Cc1ccc(NC(=O)[C@@H](Sc2nnc(NCC(C)C)s2)c2ccccc2)cc1. The van der Waals surface area contributed by atoms with E-state index < -0.39 is 5.25 Å². The molecule has 1 aromatic heterocycles. The first-order valence-electron chi connectivity index (χ1n) is 9.18. The second-order valence-corrected chi connectivity index (χ2v) is 9.24. The van der Waals surface area contributed by atoms with Gasteiger partial charge in [-0.1, -0.05) is 85.0 Å². The Bertz CT molecular complexity index is 894. The van der Waals surface area contributed by atoms with Crippen molar-refractivity contribution >= 4 is 39.8 Å². The molecule has 1 heterocycles. The highest BCUT2D eigenvalue weighted by atomic mass is 32.2. The standard InChI is InChI=1S/C21H24N4OS2/c1-14(2)13-22-20-24-25-21(28-20)27-18(16-7-5-4-6-8-16)19(26)23-17-11-9-15(3)10-12-17/h4-12,14,18H,13H2,1-3H3,(H,22,24)(H,23,26)/t18-/m0/s1. The minimum absolute atomic E-state index is 0.0769. The van der Waals surface area contributed by atoms with Crippen LogP contribution in [-0.4, -0.2) is 22.6 Å². The van der Waals surface area contributed by atoms with E-state index in [0.717, 1.165) is 32.8 Å². The fourth-order valence-corrected chi connectivity index (χ4v) is 4.42. The molecule has 0 radical (unpaired) electrons. The molecule has 0 saturated heterocycles. The van der Waals surface area contributed by atoms with E-state index in [1.54, 1.807) is 0 Å². The van der Waals surface area contributed by atoms with E-state index in [1.807, 2.05) is 61.5 Å². The number of anilines is 2. The quantitative estimate of drug-likeness (QED) is 0.486. The van der Waals surface area contributed by atoms with Gasteiger partial charge in [-0.15, -0.1) is 10.2 Å². The lowest BCUT2D eigenvalue weighted by Crippen LogP contribution is -2.19. The summed E-state index contributed by atoms with van der Waals surface area (Å²) in [5.41, 5.74) is 2.87. The smallest absolute Gasteiger partial charge is 0.242 e. The molecule has 0 bridgehead atoms. The van der Waals surface area contributed by atoms with E-state index in [2.05, 4.69) is 34.7 Å². The molecule has 5 nitrogen and oxygen atoms in total. The number of carbonyl (C=O) groups is 1. The number of benzene rings is 2. The summed E-state index contributed by atoms with van der Waals surface area (Å²) in [5.74, 6) is 0.448. The monoisotopic (exact) mass is 412 g/mol. The minimum atomic E-state index is -0.409. The largest absolute Gasteiger partial charge is 0.360 e. The Kier molecular flexibility index (Phi) is 7.06. The van der Waals surface area contributed by atoms with Crippen molar-refractivity contribution in [2.75, 3.05) is 17.2 Å². The van der Waals surface area contributed by atoms with Gasteiger partial charge in [0, 0.05) is 12.2 Å². The van der Waals surface area contributed by atoms with Gasteiger partial charge in [0.1, 0.15) is 5.25 Å². The molecule has 2 N–H and O–H groups in total. The summed E-state index contributed by atoms with van der Waals surface area (Å²) >= 11 is 2.89. The van der Waals surface area contributed by atoms with Gasteiger partial charge in [-0.25, -0.2) is 0 Å². The molecular weight excluding hydrogens is 388 g/mol. The number of rotatable bonds is 8. The molecule has 0 saturated carbocycles. The number of hydrogen-bond donors (Lipinski definition) is 2. The molecule has 0 aliphatic rings. The second-order valence-electron chi connectivity index (χ2n) is 6.91. The lowest BCUT2D eigenvalue weighted by Gasteiger charge is -2.15. The zero-order chi connectivity index (χ0) is 19.9. The fourth-order valence-electron chi connectivity index (χ4n) is 2.47. The molecule has 0 spiro atoms. The molecule has 0 aliphatic heterocycles. The Hall–Kier alpha value is -2.38. The van der Waals surface area contributed by atoms with Crippen LogP contribution in [0, 0.1) is 12.8 Å². The van der Waals surface area contributed by atoms with Gasteiger partial charge in [0.25, 0.3) is 0 Å². The summed E-state index contributed by atoms with van der Waals surface area (Å²) in [4.78, 5) is 13.0. The lowest BCUT2D eigenvalue weighted by atomic mass is 10.1. The third-order valence-electron chi connectivity index (χ3n) is 3.95. The number of hydrogen-bond acceptors (Lipinski definition) is 6. The lowest BCUT2D eigenvalue weighted by molar-refractivity contribution is -0.115. The first kappa shape index (κ1) is 20.4. The van der Waals surface area contributed by atoms with E-state index in [-0.39, 0.29) is 5.91 Å². The number of amides is 1. The first-order valence-corrected chi connectivity index (χ1v) is 10.9. The van der Waals surface area contributed by atoms with Crippen molar-refractivity contribution in [2.45, 2.75) is 30.4 Å². The average Bonchev–Trinajstić information content (AvgIpc) is 3.14. The predicted octanol–water partition coefficient (Wildman–Crippen LogP) is 5.39. The molecule has 1 amide bonds. The van der Waals surface area contributed by atoms with E-state index in [1.165, 1.54) is 23.1 Å². The third-order valence-corrected chi connectivity index (χ3v) is 6.17. The van der Waals surface area contributed by atoms with Gasteiger partial charge >= 0.3 is 0 Å². The molecule has 1 atom stereocenters. The number of aryl methyl sites for hydroxylation is 1. The van der Waals surface area contributed by atoms with Crippen molar-refractivity contribution in [3.8, 4) is 0 Å². The highest BCUT2D eigenvalue weighted by Gasteiger charge is 2.24. The van der Waals surface area contributed by atoms with Crippen molar-refractivity contribution in [1.82, 2.24) is 10.2 Å². The van der Waals surface area contributed by atoms with Crippen molar-refractivity contribution in [2.24, 2.45) is 5.92 Å². The number of carbonyl (C=O) groups excluding carboxylic acids is 1. The van der Waals surface area contributed by atoms with E-state index >= 15 is 0 Å². The summed E-state index contributed by atoms with van der Waals surface area (Å²) in [6.45, 7) is 7.15. The zero-order valence-corrected chi connectivity index (χ0v) is 17.8. The summed E-state index contributed by atoms with van der Waals surface area (Å²) in [5, 5.41) is 15.1. The van der Waals surface area contributed by atoms with Gasteiger partial charge in [0.2, 0.25) is 11.0 Å². The molecule has 28 heavy (non-hydrogen) atoms. The maximum absolute atomic E-state index is 13.0. The van der Waals surface area contributed by atoms with Crippen molar-refractivity contribution in [1.29, 1.82) is 0 Å². The van der Waals surface area contributed by atoms with Gasteiger partial charge in [-0.2, -0.15) is 0 Å². The number of nitrogens with one attached hydrogen (secondary N) is 2. The molecule has 0 aliphatic carbocycles. The summed E-state index contributed by atoms with van der Waals surface area (Å²) < 4.78 is 0.763. The topological polar surface area (TPSA) is 66.9 Å². The summed E-state index contributed by atoms with van der Waals surface area (Å²) in [6, 6.07) is 17.6. The van der Waals surface area contributed by atoms with Crippen molar-refractivity contribution < 1.29 is 4.79 Å². The van der Waals surface area contributed by atoms with Crippen LogP contribution in [0.2, 0.25) is 0 Å². The van der Waals surface area contributed by atoms with Crippen LogP contribution in [0.25, 0.3) is 0 Å². The molecule has 0 unspecified atom stereocenters. The van der Waals surface area contributed by atoms with Gasteiger partial charge < -0.3 is 10.6 Å². The second kappa shape index (κ2) is 9.71. The van der Waals surface area contributed by atoms with Crippen LogP contribution in [0.5, 0.6) is 0 Å². The van der Waals surface area contributed by atoms with E-state index in [4.69, 9.17) is 0 Å². The van der Waals surface area contributed by atoms with Crippen molar-refractivity contribution in [3.63, 3.8) is 0 Å². The third kappa shape index (κ3) is 5.81. The minimum Gasteiger partial charge on any atom is -0.360 e. The predicted molar refractivity (Wildman–Crippen MR) is 118 cm³/mol.